The van der Waals surface area contributed by atoms with Gasteiger partial charge in [-0.3, -0.25) is 9.59 Å². The molecule has 0 radical (unpaired) electrons. The molecule has 0 aliphatic carbocycles. The average molecular weight is 388 g/mol. The quantitative estimate of drug-likeness (QED) is 0.775. The molecule has 2 aromatic rings. The van der Waals surface area contributed by atoms with E-state index in [0.717, 1.165) is 22.6 Å². The molecule has 2 heterocycles. The standard InChI is InChI=1S/C20H24N2O6/c1-13-18(14(2)28-21-13)12-27-17-5-3-15(4-6-17)9-19(23)22-7-8-26-11-16(22)10-20(24)25/h3-6,16H,7-12H2,1-2H3,(H,24,25). The van der Waals surface area contributed by atoms with Gasteiger partial charge in [-0.05, 0) is 31.5 Å². The first-order chi connectivity index (χ1) is 13.4. The minimum Gasteiger partial charge on any atom is -0.489 e. The molecule has 1 saturated heterocycles. The minimum atomic E-state index is -0.937. The predicted molar refractivity (Wildman–Crippen MR) is 99.0 cm³/mol. The second-order valence-corrected chi connectivity index (χ2v) is 6.83. The van der Waals surface area contributed by atoms with Gasteiger partial charge in [0.2, 0.25) is 5.91 Å². The van der Waals surface area contributed by atoms with E-state index in [1.165, 1.54) is 0 Å². The number of hydrogen-bond donors (Lipinski definition) is 1. The summed E-state index contributed by atoms with van der Waals surface area (Å²) in [6.07, 6.45) is 0.0977. The zero-order valence-electron chi connectivity index (χ0n) is 16.0. The number of nitrogens with zero attached hydrogens (tertiary/aromatic N) is 2. The minimum absolute atomic E-state index is 0.0982. The summed E-state index contributed by atoms with van der Waals surface area (Å²) in [6, 6.07) is 6.89. The predicted octanol–water partition coefficient (Wildman–Crippen LogP) is 2.12. The molecule has 0 saturated carbocycles. The summed E-state index contributed by atoms with van der Waals surface area (Å²) in [5.74, 6) is 0.388. The van der Waals surface area contributed by atoms with Crippen LogP contribution in [0.15, 0.2) is 28.8 Å². The van der Waals surface area contributed by atoms with Crippen molar-refractivity contribution in [3.63, 3.8) is 0 Å². The Balaban J connectivity index is 1.57. The van der Waals surface area contributed by atoms with Crippen LogP contribution in [0.4, 0.5) is 0 Å². The van der Waals surface area contributed by atoms with Crippen molar-refractivity contribution in [2.24, 2.45) is 0 Å². The number of carbonyl (C=O) groups excluding carboxylic acids is 1. The van der Waals surface area contributed by atoms with Crippen molar-refractivity contribution in [2.75, 3.05) is 19.8 Å². The molecule has 1 unspecified atom stereocenters. The van der Waals surface area contributed by atoms with Crippen molar-refractivity contribution in [3.8, 4) is 5.75 Å². The Morgan fingerprint density at radius 3 is 2.68 bits per heavy atom. The Hall–Kier alpha value is -2.87. The van der Waals surface area contributed by atoms with Crippen molar-refractivity contribution >= 4 is 11.9 Å². The summed E-state index contributed by atoms with van der Waals surface area (Å²) in [5, 5.41) is 12.9. The lowest BCUT2D eigenvalue weighted by Gasteiger charge is -2.35. The highest BCUT2D eigenvalue weighted by molar-refractivity contribution is 5.80. The zero-order valence-corrected chi connectivity index (χ0v) is 16.0. The van der Waals surface area contributed by atoms with E-state index in [0.29, 0.717) is 25.5 Å². The highest BCUT2D eigenvalue weighted by Gasteiger charge is 2.29. The topological polar surface area (TPSA) is 102 Å². The number of amides is 1. The van der Waals surface area contributed by atoms with E-state index in [4.69, 9.17) is 19.1 Å². The van der Waals surface area contributed by atoms with Gasteiger partial charge in [0.25, 0.3) is 0 Å². The van der Waals surface area contributed by atoms with Crippen LogP contribution in [0.3, 0.4) is 0 Å². The second kappa shape index (κ2) is 8.88. The first-order valence-corrected chi connectivity index (χ1v) is 9.16. The fourth-order valence-electron chi connectivity index (χ4n) is 3.20. The van der Waals surface area contributed by atoms with E-state index in [9.17, 15) is 9.59 Å². The summed E-state index contributed by atoms with van der Waals surface area (Å²) in [7, 11) is 0. The average Bonchev–Trinajstić information content (AvgIpc) is 2.99. The Bertz CT molecular complexity index is 810. The first kappa shape index (κ1) is 19.9. The number of carboxylic acid groups (broad SMARTS) is 1. The van der Waals surface area contributed by atoms with E-state index in [-0.39, 0.29) is 25.4 Å². The van der Waals surface area contributed by atoms with Crippen LogP contribution in [-0.4, -0.2) is 52.8 Å². The first-order valence-electron chi connectivity index (χ1n) is 9.16. The number of benzene rings is 1. The summed E-state index contributed by atoms with van der Waals surface area (Å²) in [6.45, 7) is 5.17. The van der Waals surface area contributed by atoms with Crippen molar-refractivity contribution in [1.82, 2.24) is 10.1 Å². The summed E-state index contributed by atoms with van der Waals surface area (Å²) < 4.78 is 16.2. The summed E-state index contributed by atoms with van der Waals surface area (Å²) >= 11 is 0. The molecule has 1 aliphatic rings. The van der Waals surface area contributed by atoms with Gasteiger partial charge in [0, 0.05) is 6.54 Å². The Labute approximate surface area is 163 Å². The molecule has 1 fully saturated rings. The van der Waals surface area contributed by atoms with E-state index in [1.54, 1.807) is 4.90 Å². The van der Waals surface area contributed by atoms with Crippen LogP contribution >= 0.6 is 0 Å². The molecule has 1 aliphatic heterocycles. The van der Waals surface area contributed by atoms with Gasteiger partial charge in [-0.15, -0.1) is 0 Å². The van der Waals surface area contributed by atoms with E-state index in [1.807, 2.05) is 38.1 Å². The maximum atomic E-state index is 12.6. The normalized spacial score (nSPS) is 16.8. The summed E-state index contributed by atoms with van der Waals surface area (Å²) in [4.78, 5) is 25.2. The Morgan fingerprint density at radius 2 is 2.04 bits per heavy atom. The second-order valence-electron chi connectivity index (χ2n) is 6.83. The van der Waals surface area contributed by atoms with Crippen LogP contribution in [0.25, 0.3) is 0 Å². The van der Waals surface area contributed by atoms with Gasteiger partial charge in [-0.1, -0.05) is 17.3 Å². The number of aryl methyl sites for hydroxylation is 2. The number of ether oxygens (including phenoxy) is 2. The third-order valence-electron chi connectivity index (χ3n) is 4.80. The molecule has 1 aromatic carbocycles. The molecule has 0 spiro atoms. The fraction of sp³-hybridized carbons (Fsp3) is 0.450. The van der Waals surface area contributed by atoms with Crippen molar-refractivity contribution < 1.29 is 28.7 Å². The number of hydrogen-bond acceptors (Lipinski definition) is 6. The van der Waals surface area contributed by atoms with Crippen LogP contribution in [0.1, 0.15) is 29.0 Å². The van der Waals surface area contributed by atoms with Crippen LogP contribution in [-0.2, 0) is 27.4 Å². The van der Waals surface area contributed by atoms with E-state index < -0.39 is 12.0 Å². The number of aromatic nitrogens is 1. The zero-order chi connectivity index (χ0) is 20.1. The molecule has 150 valence electrons. The maximum absolute atomic E-state index is 12.6. The SMILES string of the molecule is Cc1noc(C)c1COc1ccc(CC(=O)N2CCOCC2CC(=O)O)cc1. The number of carboxylic acids is 1. The van der Waals surface area contributed by atoms with Gasteiger partial charge in [0.15, 0.2) is 0 Å². The van der Waals surface area contributed by atoms with Crippen molar-refractivity contribution in [1.29, 1.82) is 0 Å². The third kappa shape index (κ3) is 4.89. The van der Waals surface area contributed by atoms with Gasteiger partial charge in [0.1, 0.15) is 18.1 Å². The molecule has 8 heteroatoms. The lowest BCUT2D eigenvalue weighted by Crippen LogP contribution is -2.50. The van der Waals surface area contributed by atoms with E-state index in [2.05, 4.69) is 5.16 Å². The molecule has 28 heavy (non-hydrogen) atoms. The molecule has 0 bridgehead atoms. The van der Waals surface area contributed by atoms with E-state index >= 15 is 0 Å². The molecule has 1 atom stereocenters. The molecule has 1 N–H and O–H groups in total. The number of carbonyl (C=O) groups is 2. The van der Waals surface area contributed by atoms with Gasteiger partial charge in [-0.25, -0.2) is 0 Å². The monoisotopic (exact) mass is 388 g/mol. The highest BCUT2D eigenvalue weighted by Crippen LogP contribution is 2.19. The molecule has 8 nitrogen and oxygen atoms in total. The molecule has 3 rings (SSSR count). The lowest BCUT2D eigenvalue weighted by atomic mass is 10.1. The van der Waals surface area contributed by atoms with Gasteiger partial charge >= 0.3 is 5.97 Å². The van der Waals surface area contributed by atoms with Crippen molar-refractivity contribution in [3.05, 3.63) is 46.8 Å². The van der Waals surface area contributed by atoms with Crippen LogP contribution < -0.4 is 4.74 Å². The van der Waals surface area contributed by atoms with Crippen molar-refractivity contribution in [2.45, 2.75) is 39.3 Å². The highest BCUT2D eigenvalue weighted by atomic mass is 16.5. The van der Waals surface area contributed by atoms with Crippen LogP contribution in [0, 0.1) is 13.8 Å². The largest absolute Gasteiger partial charge is 0.489 e. The number of morpholine rings is 1. The fourth-order valence-corrected chi connectivity index (χ4v) is 3.20. The molecule has 1 aromatic heterocycles. The third-order valence-corrected chi connectivity index (χ3v) is 4.80. The van der Waals surface area contributed by atoms with Gasteiger partial charge in [0.05, 0.1) is 43.4 Å². The number of rotatable bonds is 7. The molecular weight excluding hydrogens is 364 g/mol. The van der Waals surface area contributed by atoms with Crippen LogP contribution in [0.2, 0.25) is 0 Å². The van der Waals surface area contributed by atoms with Gasteiger partial charge in [-0.2, -0.15) is 0 Å². The summed E-state index contributed by atoms with van der Waals surface area (Å²) in [5.41, 5.74) is 2.58. The molecular formula is C20H24N2O6. The number of aliphatic carboxylic acids is 1. The Morgan fingerprint density at radius 1 is 1.29 bits per heavy atom. The Kier molecular flexibility index (Phi) is 6.30. The lowest BCUT2D eigenvalue weighted by molar-refractivity contribution is -0.145. The molecule has 1 amide bonds. The maximum Gasteiger partial charge on any atom is 0.305 e. The van der Waals surface area contributed by atoms with Crippen LogP contribution in [0.5, 0.6) is 5.75 Å². The smallest absolute Gasteiger partial charge is 0.305 e. The van der Waals surface area contributed by atoms with Gasteiger partial charge < -0.3 is 24.0 Å².